The minimum absolute atomic E-state index is 0.560. The lowest BCUT2D eigenvalue weighted by atomic mass is 9.67. The number of aromatic nitrogens is 2. The molecule has 22 aromatic carbocycles. The summed E-state index contributed by atoms with van der Waals surface area (Å²) in [6.07, 6.45) is 0. The van der Waals surface area contributed by atoms with Crippen molar-refractivity contribution in [1.29, 1.82) is 0 Å². The van der Waals surface area contributed by atoms with Gasteiger partial charge in [0.15, 0.2) is 0 Å². The van der Waals surface area contributed by atoms with Crippen LogP contribution in [-0.2, 0) is 10.8 Å². The van der Waals surface area contributed by atoms with E-state index in [0.29, 0.717) is 0 Å². The predicted octanol–water partition coefficient (Wildman–Crippen LogP) is 35.2. The number of nitrogens with zero attached hydrogens (tertiary/aromatic N) is 4. The Kier molecular flexibility index (Phi) is 18.8. The first-order valence-corrected chi connectivity index (χ1v) is 47.8. The lowest BCUT2D eigenvalue weighted by Crippen LogP contribution is -2.28. The van der Waals surface area contributed by atoms with Crippen molar-refractivity contribution in [1.82, 2.24) is 9.13 Å². The largest absolute Gasteiger partial charge is 0.308 e. The molecule has 138 heavy (non-hydrogen) atoms. The van der Waals surface area contributed by atoms with Crippen LogP contribution in [0.5, 0.6) is 0 Å². The molecule has 0 saturated heterocycles. The zero-order valence-electron chi connectivity index (χ0n) is 75.6. The molecule has 27 rings (SSSR count). The van der Waals surface area contributed by atoms with Crippen molar-refractivity contribution < 1.29 is 0 Å². The van der Waals surface area contributed by atoms with Crippen LogP contribution in [0.25, 0.3) is 166 Å². The monoisotopic (exact) mass is 1750 g/mol. The third-order valence-corrected chi connectivity index (χ3v) is 29.6. The number of rotatable bonds is 17. The van der Waals surface area contributed by atoms with Crippen molar-refractivity contribution in [3.63, 3.8) is 0 Å². The Labute approximate surface area is 802 Å². The van der Waals surface area contributed by atoms with E-state index in [1.807, 2.05) is 0 Å². The molecule has 2 heterocycles. The molecule has 0 fully saturated rings. The summed E-state index contributed by atoms with van der Waals surface area (Å²) in [5.74, 6) is 0. The van der Waals surface area contributed by atoms with Crippen LogP contribution in [0.4, 0.5) is 34.1 Å². The molecular weight excluding hydrogens is 1670 g/mol. The maximum atomic E-state index is 2.60. The maximum Gasteiger partial charge on any atom is 0.0782 e. The fraction of sp³-hybridized carbons (Fsp3) is 0.0149. The summed E-state index contributed by atoms with van der Waals surface area (Å²) in [5.41, 5.74) is 45.1. The van der Waals surface area contributed by atoms with Crippen molar-refractivity contribution in [2.24, 2.45) is 0 Å². The van der Waals surface area contributed by atoms with Crippen LogP contribution >= 0.6 is 0 Å². The first-order valence-electron chi connectivity index (χ1n) is 47.8. The zero-order chi connectivity index (χ0) is 90.9. The van der Waals surface area contributed by atoms with E-state index in [9.17, 15) is 0 Å². The van der Waals surface area contributed by atoms with Gasteiger partial charge >= 0.3 is 0 Å². The molecule has 4 heteroatoms. The highest BCUT2D eigenvalue weighted by molar-refractivity contribution is 6.18. The molecule has 644 valence electrons. The topological polar surface area (TPSA) is 16.3 Å². The Balaban J connectivity index is 0.657. The maximum absolute atomic E-state index is 2.60. The van der Waals surface area contributed by atoms with Crippen LogP contribution in [-0.4, -0.2) is 9.13 Å². The molecule has 0 N–H and O–H groups in total. The van der Waals surface area contributed by atoms with Crippen LogP contribution in [0.3, 0.4) is 0 Å². The van der Waals surface area contributed by atoms with Crippen molar-refractivity contribution in [3.05, 3.63) is 578 Å². The summed E-state index contributed by atoms with van der Waals surface area (Å²) < 4.78 is 5.07. The molecule has 24 aromatic rings. The molecule has 0 atom stereocenters. The van der Waals surface area contributed by atoms with E-state index in [1.165, 1.54) is 106 Å². The highest BCUT2D eigenvalue weighted by atomic mass is 15.2. The van der Waals surface area contributed by atoms with Gasteiger partial charge in [-0.25, -0.2) is 0 Å². The minimum Gasteiger partial charge on any atom is -0.308 e. The van der Waals surface area contributed by atoms with Gasteiger partial charge in [-0.3, -0.25) is 0 Å². The van der Waals surface area contributed by atoms with Crippen molar-refractivity contribution in [3.8, 4) is 123 Å². The standard InChI is InChI=1S/C134H88N4/c1-8-33-89(34-9-1)93-65-73-103(74-66-93)135(106-79-82-114-112-50-25-29-57-122(112)134(124(114)87-106)120-55-27-23-47-109(120)110-48-24-28-56-121(110)134)127-59-31-52-116-115-81-71-100(86-129(115)138(131(116)127)105-77-69-95(70-78-105)91-37-12-3-13-38-91)96-61-63-97(64-62-96)108-51-30-58-126(130(108)98-41-16-5-17-42-98)136(107-80-83-113-111-49-22-26-54-119(111)133(123(113)88-107,101-43-18-6-19-44-101)102-45-20-7-21-46-102)128-60-32-53-117-118-85-99(92-39-14-4-15-40-92)72-84-125(118)137(132(117)128)104-75-67-94(68-76-104)90-35-10-2-11-36-90/h1-88H. The average molecular weight is 1750 g/mol. The molecule has 0 bridgehead atoms. The fourth-order valence-electron chi connectivity index (χ4n) is 23.6. The van der Waals surface area contributed by atoms with Gasteiger partial charge in [0.05, 0.1) is 50.0 Å². The third kappa shape index (κ3) is 12.5. The third-order valence-electron chi connectivity index (χ3n) is 29.6. The first kappa shape index (κ1) is 79.8. The Morgan fingerprint density at radius 1 is 0.159 bits per heavy atom. The van der Waals surface area contributed by atoms with Gasteiger partial charge in [0.25, 0.3) is 0 Å². The number of fused-ring (bicyclic) bond motifs is 19. The van der Waals surface area contributed by atoms with Crippen LogP contribution < -0.4 is 9.80 Å². The second kappa shape index (κ2) is 32.5. The van der Waals surface area contributed by atoms with Crippen LogP contribution in [0.15, 0.2) is 534 Å². The van der Waals surface area contributed by atoms with Crippen LogP contribution in [0.1, 0.15) is 44.5 Å². The average Bonchev–Trinajstić information content (AvgIpc) is 1.50. The molecule has 0 radical (unpaired) electrons. The van der Waals surface area contributed by atoms with Gasteiger partial charge < -0.3 is 18.9 Å². The summed E-state index contributed by atoms with van der Waals surface area (Å²) in [6.45, 7) is 0. The Hall–Kier alpha value is -18.0. The summed E-state index contributed by atoms with van der Waals surface area (Å²) in [5, 5.41) is 4.62. The molecule has 0 amide bonds. The van der Waals surface area contributed by atoms with Crippen molar-refractivity contribution in [2.45, 2.75) is 10.8 Å². The van der Waals surface area contributed by atoms with E-state index in [4.69, 9.17) is 0 Å². The molecule has 0 aliphatic heterocycles. The predicted molar refractivity (Wildman–Crippen MR) is 576 cm³/mol. The van der Waals surface area contributed by atoms with Gasteiger partial charge in [-0.15, -0.1) is 0 Å². The smallest absolute Gasteiger partial charge is 0.0782 e. The second-order valence-electron chi connectivity index (χ2n) is 36.8. The van der Waals surface area contributed by atoms with Gasteiger partial charge in [0.1, 0.15) is 0 Å². The van der Waals surface area contributed by atoms with Gasteiger partial charge in [0, 0.05) is 55.5 Å². The van der Waals surface area contributed by atoms with E-state index in [1.54, 1.807) is 0 Å². The molecule has 3 aliphatic rings. The second-order valence-corrected chi connectivity index (χ2v) is 36.8. The van der Waals surface area contributed by atoms with E-state index < -0.39 is 10.8 Å². The molecule has 0 unspecified atom stereocenters. The Morgan fingerprint density at radius 2 is 0.478 bits per heavy atom. The molecule has 3 aliphatic carbocycles. The van der Waals surface area contributed by atoms with E-state index in [0.717, 1.165) is 139 Å². The van der Waals surface area contributed by atoms with Gasteiger partial charge in [-0.1, -0.05) is 437 Å². The summed E-state index contributed by atoms with van der Waals surface area (Å²) in [7, 11) is 0. The fourth-order valence-corrected chi connectivity index (χ4v) is 23.6. The number of para-hydroxylation sites is 2. The summed E-state index contributed by atoms with van der Waals surface area (Å²) >= 11 is 0. The normalized spacial score (nSPS) is 12.8. The SMILES string of the molecule is c1ccc(-c2ccc(N(c3ccc4c(c3)C3(c5ccccc5-c5ccccc53)c3ccccc3-4)c3cccc4c5ccc(-c6ccc(-c7cccc(N(c8ccc9c(c8)C(c8ccccc8)(c8ccccc8)c8ccccc8-9)c8cccc9c%10cc(-c%11ccccc%11)ccc%10n(-c%10ccc(-c%11ccccc%11)cc%10)c89)c7-c7ccccc7)cc6)cc5n(-c5ccc(-c6ccccc6)cc5)c34)cc2)cc1. The van der Waals surface area contributed by atoms with Crippen LogP contribution in [0.2, 0.25) is 0 Å². The molecule has 4 nitrogen and oxygen atoms in total. The zero-order valence-corrected chi connectivity index (χ0v) is 75.6. The van der Waals surface area contributed by atoms with Crippen LogP contribution in [0, 0.1) is 0 Å². The highest BCUT2D eigenvalue weighted by Crippen LogP contribution is 2.65. The quantitative estimate of drug-likeness (QED) is 0.0903. The summed E-state index contributed by atoms with van der Waals surface area (Å²) in [6, 6.07) is 200. The minimum atomic E-state index is -0.687. The molecule has 2 aromatic heterocycles. The summed E-state index contributed by atoms with van der Waals surface area (Å²) in [4.78, 5) is 5.13. The van der Waals surface area contributed by atoms with E-state index in [2.05, 4.69) is 553 Å². The van der Waals surface area contributed by atoms with E-state index in [-0.39, 0.29) is 0 Å². The molecule has 0 saturated carbocycles. The van der Waals surface area contributed by atoms with Crippen molar-refractivity contribution in [2.75, 3.05) is 9.80 Å². The van der Waals surface area contributed by atoms with Gasteiger partial charge in [-0.2, -0.15) is 0 Å². The number of anilines is 6. The van der Waals surface area contributed by atoms with E-state index >= 15 is 0 Å². The number of benzene rings is 22. The molecule has 1 spiro atoms. The first-order chi connectivity index (χ1) is 68.5. The highest BCUT2D eigenvalue weighted by Gasteiger charge is 2.52. The Bertz CT molecular complexity index is 8770. The Morgan fingerprint density at radius 3 is 0.971 bits per heavy atom. The van der Waals surface area contributed by atoms with Gasteiger partial charge in [0.2, 0.25) is 0 Å². The lowest BCUT2D eigenvalue weighted by Gasteiger charge is -2.35. The van der Waals surface area contributed by atoms with Crippen molar-refractivity contribution >= 4 is 77.7 Å². The lowest BCUT2D eigenvalue weighted by molar-refractivity contribution is 0.768. The number of hydrogen-bond donors (Lipinski definition) is 0. The number of hydrogen-bond acceptors (Lipinski definition) is 2. The van der Waals surface area contributed by atoms with Gasteiger partial charge in [-0.05, 0) is 247 Å². The molecular formula is C134H88N4.